The van der Waals surface area contributed by atoms with Crippen LogP contribution in [0.1, 0.15) is 25.0 Å². The van der Waals surface area contributed by atoms with Crippen LogP contribution in [0.5, 0.6) is 0 Å². The number of aromatic nitrogens is 4. The highest BCUT2D eigenvalue weighted by Crippen LogP contribution is 2.21. The number of ether oxygens (including phenoxy) is 1. The minimum absolute atomic E-state index is 0. The Kier molecular flexibility index (Phi) is 6.47. The van der Waals surface area contributed by atoms with Gasteiger partial charge in [0.1, 0.15) is 5.69 Å². The Morgan fingerprint density at radius 2 is 2.22 bits per heavy atom. The van der Waals surface area contributed by atoms with E-state index in [9.17, 15) is 0 Å². The Morgan fingerprint density at radius 3 is 3.04 bits per heavy atom. The van der Waals surface area contributed by atoms with E-state index in [0.29, 0.717) is 6.10 Å². The van der Waals surface area contributed by atoms with Gasteiger partial charge in [-0.2, -0.15) is 5.10 Å². The Hall–Kier alpha value is -1.08. The zero-order valence-electron chi connectivity index (χ0n) is 13.0. The smallest absolute Gasteiger partial charge is 0.160 e. The number of hydrogen-bond donors (Lipinski definition) is 1. The number of nitrogens with zero attached hydrogens (tertiary/aromatic N) is 4. The van der Waals surface area contributed by atoms with Crippen LogP contribution in [-0.4, -0.2) is 38.6 Å². The summed E-state index contributed by atoms with van der Waals surface area (Å²) >= 11 is 0. The molecule has 2 aliphatic heterocycles. The molecular formula is C15H23Cl2N5O. The number of aryl methyl sites for hydroxylation is 1. The maximum absolute atomic E-state index is 5.73. The maximum Gasteiger partial charge on any atom is 0.160 e. The Balaban J connectivity index is 0.000000960. The van der Waals surface area contributed by atoms with Gasteiger partial charge in [-0.25, -0.2) is 4.98 Å². The maximum atomic E-state index is 5.73. The van der Waals surface area contributed by atoms with Gasteiger partial charge in [0.2, 0.25) is 0 Å². The summed E-state index contributed by atoms with van der Waals surface area (Å²) in [6.07, 6.45) is 7.63. The summed E-state index contributed by atoms with van der Waals surface area (Å²) in [6, 6.07) is 2.16. The van der Waals surface area contributed by atoms with E-state index in [0.717, 1.165) is 57.1 Å². The molecule has 6 nitrogen and oxygen atoms in total. The van der Waals surface area contributed by atoms with Crippen molar-refractivity contribution in [2.45, 2.75) is 45.0 Å². The highest BCUT2D eigenvalue weighted by Gasteiger charge is 2.20. The predicted octanol–water partition coefficient (Wildman–Crippen LogP) is 2.26. The number of nitrogens with one attached hydrogen (secondary N) is 1. The first-order chi connectivity index (χ1) is 10.4. The van der Waals surface area contributed by atoms with Crippen molar-refractivity contribution in [2.24, 2.45) is 0 Å². The van der Waals surface area contributed by atoms with Crippen LogP contribution in [0.3, 0.4) is 0 Å². The van der Waals surface area contributed by atoms with E-state index in [1.54, 1.807) is 0 Å². The van der Waals surface area contributed by atoms with Crippen LogP contribution in [0.2, 0.25) is 0 Å². The Labute approximate surface area is 148 Å². The van der Waals surface area contributed by atoms with Gasteiger partial charge in [-0.05, 0) is 31.9 Å². The average Bonchev–Trinajstić information content (AvgIpc) is 3.20. The van der Waals surface area contributed by atoms with E-state index in [4.69, 9.17) is 9.84 Å². The standard InChI is InChI=1S/C15H21N5O.2ClH/c1-3-13(21-8-1)11-19-7-5-17-15(19)14-9-12-10-16-4-2-6-20(12)18-14;;/h5,7,9,13,16H,1-4,6,8,10-11H2;2*1H. The van der Waals surface area contributed by atoms with Gasteiger partial charge in [0, 0.05) is 32.1 Å². The molecule has 2 aromatic rings. The fourth-order valence-electron chi connectivity index (χ4n) is 3.17. The molecule has 0 spiro atoms. The third-order valence-electron chi connectivity index (χ3n) is 4.26. The highest BCUT2D eigenvalue weighted by atomic mass is 35.5. The SMILES string of the molecule is Cl.Cl.c1cn(CC2CCCO2)c(-c2cc3n(n2)CCCNC3)n1. The topological polar surface area (TPSA) is 56.9 Å². The number of fused-ring (bicyclic) bond motifs is 1. The molecule has 2 aromatic heterocycles. The van der Waals surface area contributed by atoms with Crippen molar-refractivity contribution >= 4 is 24.8 Å². The predicted molar refractivity (Wildman–Crippen MR) is 93.2 cm³/mol. The lowest BCUT2D eigenvalue weighted by Gasteiger charge is -2.11. The van der Waals surface area contributed by atoms with Crippen molar-refractivity contribution in [1.82, 2.24) is 24.6 Å². The van der Waals surface area contributed by atoms with Gasteiger partial charge in [-0.1, -0.05) is 0 Å². The second-order valence-corrected chi connectivity index (χ2v) is 5.81. The van der Waals surface area contributed by atoms with E-state index in [2.05, 4.69) is 25.6 Å². The number of rotatable bonds is 3. The van der Waals surface area contributed by atoms with Crippen molar-refractivity contribution in [1.29, 1.82) is 0 Å². The van der Waals surface area contributed by atoms with Crippen molar-refractivity contribution < 1.29 is 4.74 Å². The van der Waals surface area contributed by atoms with Crippen LogP contribution in [0.15, 0.2) is 18.5 Å². The molecule has 23 heavy (non-hydrogen) atoms. The summed E-state index contributed by atoms with van der Waals surface area (Å²) < 4.78 is 10.0. The minimum atomic E-state index is 0. The molecule has 1 fully saturated rings. The molecular weight excluding hydrogens is 337 g/mol. The van der Waals surface area contributed by atoms with Crippen LogP contribution in [0.25, 0.3) is 11.5 Å². The molecule has 1 saturated heterocycles. The fourth-order valence-corrected chi connectivity index (χ4v) is 3.17. The lowest BCUT2D eigenvalue weighted by molar-refractivity contribution is 0.0973. The zero-order chi connectivity index (χ0) is 14.1. The van der Waals surface area contributed by atoms with Gasteiger partial charge in [0.25, 0.3) is 0 Å². The van der Waals surface area contributed by atoms with E-state index in [1.165, 1.54) is 12.1 Å². The highest BCUT2D eigenvalue weighted by molar-refractivity contribution is 5.85. The Bertz CT molecular complexity index is 598. The molecule has 4 rings (SSSR count). The van der Waals surface area contributed by atoms with Gasteiger partial charge in [-0.3, -0.25) is 4.68 Å². The van der Waals surface area contributed by atoms with Gasteiger partial charge in [0.15, 0.2) is 5.82 Å². The molecule has 0 bridgehead atoms. The molecule has 8 heteroatoms. The van der Waals surface area contributed by atoms with E-state index >= 15 is 0 Å². The molecule has 1 unspecified atom stereocenters. The van der Waals surface area contributed by atoms with E-state index in [1.807, 2.05) is 12.4 Å². The number of hydrogen-bond acceptors (Lipinski definition) is 4. The lowest BCUT2D eigenvalue weighted by atomic mass is 10.2. The van der Waals surface area contributed by atoms with Crippen molar-refractivity contribution in [3.05, 3.63) is 24.2 Å². The molecule has 0 aromatic carbocycles. The van der Waals surface area contributed by atoms with Gasteiger partial charge < -0.3 is 14.6 Å². The summed E-state index contributed by atoms with van der Waals surface area (Å²) in [6.45, 7) is 4.69. The first kappa shape index (κ1) is 18.3. The van der Waals surface area contributed by atoms with Crippen LogP contribution >= 0.6 is 24.8 Å². The molecule has 0 aliphatic carbocycles. The summed E-state index contributed by atoms with van der Waals surface area (Å²) in [4.78, 5) is 4.51. The first-order valence-corrected chi connectivity index (χ1v) is 7.81. The van der Waals surface area contributed by atoms with Crippen LogP contribution < -0.4 is 5.32 Å². The summed E-state index contributed by atoms with van der Waals surface area (Å²) in [7, 11) is 0. The fraction of sp³-hybridized carbons (Fsp3) is 0.600. The van der Waals surface area contributed by atoms with Crippen molar-refractivity contribution in [2.75, 3.05) is 13.2 Å². The lowest BCUT2D eigenvalue weighted by Crippen LogP contribution is -2.15. The quantitative estimate of drug-likeness (QED) is 0.912. The normalized spacial score (nSPS) is 20.3. The summed E-state index contributed by atoms with van der Waals surface area (Å²) in [5, 5.41) is 8.17. The molecule has 0 radical (unpaired) electrons. The van der Waals surface area contributed by atoms with Gasteiger partial charge in [-0.15, -0.1) is 24.8 Å². The third kappa shape index (κ3) is 3.88. The van der Waals surface area contributed by atoms with Crippen LogP contribution in [0, 0.1) is 0 Å². The molecule has 1 N–H and O–H groups in total. The average molecular weight is 360 g/mol. The second kappa shape index (κ2) is 8.15. The van der Waals surface area contributed by atoms with Gasteiger partial charge >= 0.3 is 0 Å². The Morgan fingerprint density at radius 1 is 1.30 bits per heavy atom. The first-order valence-electron chi connectivity index (χ1n) is 7.81. The van der Waals surface area contributed by atoms with E-state index < -0.39 is 0 Å². The molecule has 4 heterocycles. The number of imidazole rings is 1. The van der Waals surface area contributed by atoms with Crippen molar-refractivity contribution in [3.63, 3.8) is 0 Å². The monoisotopic (exact) mass is 359 g/mol. The summed E-state index contributed by atoms with van der Waals surface area (Å²) in [5.74, 6) is 0.950. The second-order valence-electron chi connectivity index (χ2n) is 5.81. The minimum Gasteiger partial charge on any atom is -0.376 e. The molecule has 128 valence electrons. The number of halogens is 2. The molecule has 0 saturated carbocycles. The van der Waals surface area contributed by atoms with Gasteiger partial charge in [0.05, 0.1) is 18.3 Å². The van der Waals surface area contributed by atoms with Crippen molar-refractivity contribution in [3.8, 4) is 11.5 Å². The molecule has 2 aliphatic rings. The molecule has 1 atom stereocenters. The largest absolute Gasteiger partial charge is 0.376 e. The molecule has 0 amide bonds. The van der Waals surface area contributed by atoms with Crippen LogP contribution in [-0.2, 0) is 24.4 Å². The summed E-state index contributed by atoms with van der Waals surface area (Å²) in [5.41, 5.74) is 2.21. The van der Waals surface area contributed by atoms with E-state index in [-0.39, 0.29) is 24.8 Å². The van der Waals surface area contributed by atoms with Crippen LogP contribution in [0.4, 0.5) is 0 Å². The third-order valence-corrected chi connectivity index (χ3v) is 4.26. The zero-order valence-corrected chi connectivity index (χ0v) is 14.6.